The quantitative estimate of drug-likeness (QED) is 0.385. The van der Waals surface area contributed by atoms with Gasteiger partial charge in [-0.2, -0.15) is 0 Å². The highest BCUT2D eigenvalue weighted by atomic mass is 16.4. The van der Waals surface area contributed by atoms with E-state index in [9.17, 15) is 34.2 Å². The topological polar surface area (TPSA) is 173 Å². The smallest absolute Gasteiger partial charge is 0.326 e. The van der Waals surface area contributed by atoms with E-state index in [0.29, 0.717) is 4.90 Å². The fourth-order valence-corrected chi connectivity index (χ4v) is 2.56. The molecule has 0 rings (SSSR count). The molecule has 148 valence electrons. The minimum atomic E-state index is -1.52. The second-order valence-corrected chi connectivity index (χ2v) is 5.93. The molecule has 0 saturated carbocycles. The summed E-state index contributed by atoms with van der Waals surface area (Å²) < 4.78 is 0. The zero-order valence-corrected chi connectivity index (χ0v) is 15.1. The van der Waals surface area contributed by atoms with E-state index in [2.05, 4.69) is 0 Å². The van der Waals surface area contributed by atoms with Crippen molar-refractivity contribution in [3.63, 3.8) is 0 Å². The molecule has 0 aromatic carbocycles. The van der Waals surface area contributed by atoms with Crippen molar-refractivity contribution in [1.82, 2.24) is 9.80 Å². The van der Waals surface area contributed by atoms with Gasteiger partial charge in [0.05, 0.1) is 6.04 Å². The molecule has 0 fully saturated rings. The van der Waals surface area contributed by atoms with E-state index >= 15 is 0 Å². The number of carbonyl (C=O) groups excluding carboxylic acids is 1. The zero-order valence-electron chi connectivity index (χ0n) is 15.1. The van der Waals surface area contributed by atoms with Crippen molar-refractivity contribution < 1.29 is 44.4 Å². The molecule has 5 atom stereocenters. The molecule has 0 saturated heterocycles. The first-order valence-electron chi connectivity index (χ1n) is 7.76. The minimum Gasteiger partial charge on any atom is -0.480 e. The molecule has 0 aromatic rings. The summed E-state index contributed by atoms with van der Waals surface area (Å²) in [6, 6.07) is -7.20. The predicted molar refractivity (Wildman–Crippen MR) is 86.5 cm³/mol. The van der Waals surface area contributed by atoms with Gasteiger partial charge in [-0.1, -0.05) is 0 Å². The highest BCUT2D eigenvalue weighted by molar-refractivity contribution is 5.91. The molecule has 0 spiro atoms. The van der Waals surface area contributed by atoms with Crippen LogP contribution in [-0.4, -0.2) is 90.2 Å². The van der Waals surface area contributed by atoms with E-state index in [1.165, 1.54) is 20.8 Å². The maximum Gasteiger partial charge on any atom is 0.326 e. The second-order valence-electron chi connectivity index (χ2n) is 5.93. The van der Waals surface area contributed by atoms with Crippen molar-refractivity contribution in [3.8, 4) is 0 Å². The Morgan fingerprint density at radius 1 is 0.538 bits per heavy atom. The van der Waals surface area contributed by atoms with Crippen LogP contribution in [-0.2, 0) is 24.0 Å². The summed E-state index contributed by atoms with van der Waals surface area (Å²) in [6.45, 7) is 5.78. The van der Waals surface area contributed by atoms with Crippen molar-refractivity contribution in [2.24, 2.45) is 0 Å². The van der Waals surface area contributed by atoms with Gasteiger partial charge in [0.15, 0.2) is 0 Å². The lowest BCUT2D eigenvalue weighted by Gasteiger charge is -2.39. The van der Waals surface area contributed by atoms with Gasteiger partial charge in [0.1, 0.15) is 24.2 Å². The molecular weight excluding hydrogens is 352 g/mol. The van der Waals surface area contributed by atoms with Crippen LogP contribution in [0.5, 0.6) is 0 Å². The number of rotatable bonds is 10. The number of carboxylic acid groups (broad SMARTS) is 4. The van der Waals surface area contributed by atoms with E-state index in [1.54, 1.807) is 0 Å². The van der Waals surface area contributed by atoms with Crippen molar-refractivity contribution in [2.75, 3.05) is 0 Å². The lowest BCUT2D eigenvalue weighted by Crippen LogP contribution is -2.61. The summed E-state index contributed by atoms with van der Waals surface area (Å²) in [5.41, 5.74) is 0. The third-order valence-electron chi connectivity index (χ3n) is 4.22. The van der Waals surface area contributed by atoms with Crippen molar-refractivity contribution in [3.05, 3.63) is 0 Å². The Morgan fingerprint density at radius 2 is 0.808 bits per heavy atom. The second kappa shape index (κ2) is 9.13. The summed E-state index contributed by atoms with van der Waals surface area (Å²) in [5.74, 6) is -6.69. The summed E-state index contributed by atoms with van der Waals surface area (Å²) >= 11 is 0. The van der Waals surface area contributed by atoms with Gasteiger partial charge in [0.2, 0.25) is 5.91 Å². The molecule has 0 bridgehead atoms. The van der Waals surface area contributed by atoms with Gasteiger partial charge in [0.25, 0.3) is 0 Å². The molecule has 1 amide bonds. The number of aliphatic carboxylic acids is 4. The Labute approximate surface area is 149 Å². The van der Waals surface area contributed by atoms with E-state index < -0.39 is 60.0 Å². The maximum absolute atomic E-state index is 12.8. The lowest BCUT2D eigenvalue weighted by molar-refractivity contribution is -0.164. The van der Waals surface area contributed by atoms with Gasteiger partial charge in [0, 0.05) is 0 Å². The molecular formula is C15H24N2O9. The normalized spacial score (nSPS) is 16.8. The molecule has 0 radical (unpaired) electrons. The number of hydrogen-bond donors (Lipinski definition) is 4. The van der Waals surface area contributed by atoms with Crippen molar-refractivity contribution >= 4 is 29.8 Å². The lowest BCUT2D eigenvalue weighted by atomic mass is 10.1. The first kappa shape index (κ1) is 23.3. The Hall–Kier alpha value is -2.69. The van der Waals surface area contributed by atoms with Gasteiger partial charge in [-0.3, -0.25) is 19.3 Å². The molecule has 11 nitrogen and oxygen atoms in total. The van der Waals surface area contributed by atoms with Crippen LogP contribution in [0.15, 0.2) is 0 Å². The number of hydrogen-bond acceptors (Lipinski definition) is 6. The number of nitrogens with zero attached hydrogens (tertiary/aromatic N) is 2. The third kappa shape index (κ3) is 5.15. The fourth-order valence-electron chi connectivity index (χ4n) is 2.56. The molecule has 0 heterocycles. The summed E-state index contributed by atoms with van der Waals surface area (Å²) in [7, 11) is 0. The largest absolute Gasteiger partial charge is 0.480 e. The standard InChI is InChI=1S/C15H24N2O9/c1-6(16(7(2)12(19)20)8(3)13(21)22)11(18)17(9(4)14(23)24)10(5)15(25)26/h6-10H,1-5H3,(H,19,20)(H,21,22)(H,23,24)(H,25,26)/t6?,7-,8?,9-,10?/m0/s1. The SMILES string of the molecule is CC(C(=O)O)N(C(=O)C(C)N(C(C)C(=O)O)[C@@H](C)C(=O)O)[C@@H](C)C(=O)O. The van der Waals surface area contributed by atoms with Gasteiger partial charge in [-0.05, 0) is 34.6 Å². The minimum absolute atomic E-state index is 0.589. The predicted octanol–water partition coefficient (Wildman–Crippen LogP) is -0.602. The molecule has 4 N–H and O–H groups in total. The molecule has 3 unspecified atom stereocenters. The highest BCUT2D eigenvalue weighted by Crippen LogP contribution is 2.18. The van der Waals surface area contributed by atoms with Crippen LogP contribution in [0.3, 0.4) is 0 Å². The van der Waals surface area contributed by atoms with Crippen molar-refractivity contribution in [1.29, 1.82) is 0 Å². The fraction of sp³-hybridized carbons (Fsp3) is 0.667. The number of amides is 1. The van der Waals surface area contributed by atoms with E-state index in [-0.39, 0.29) is 0 Å². The Kier molecular flexibility index (Phi) is 8.19. The highest BCUT2D eigenvalue weighted by Gasteiger charge is 2.42. The average molecular weight is 376 g/mol. The number of carboxylic acids is 4. The maximum atomic E-state index is 12.8. The molecule has 26 heavy (non-hydrogen) atoms. The first-order valence-corrected chi connectivity index (χ1v) is 7.76. The Bertz CT molecular complexity index is 552. The van der Waals surface area contributed by atoms with Crippen molar-refractivity contribution in [2.45, 2.75) is 64.8 Å². The van der Waals surface area contributed by atoms with Crippen LogP contribution in [0.25, 0.3) is 0 Å². The molecule has 0 aliphatic carbocycles. The van der Waals surface area contributed by atoms with Gasteiger partial charge >= 0.3 is 23.9 Å². The third-order valence-corrected chi connectivity index (χ3v) is 4.22. The summed E-state index contributed by atoms with van der Waals surface area (Å²) in [5, 5.41) is 36.7. The van der Waals surface area contributed by atoms with E-state index in [0.717, 1.165) is 18.7 Å². The summed E-state index contributed by atoms with van der Waals surface area (Å²) in [6.07, 6.45) is 0. The van der Waals surface area contributed by atoms with E-state index in [4.69, 9.17) is 10.2 Å². The molecule has 11 heteroatoms. The monoisotopic (exact) mass is 376 g/mol. The van der Waals surface area contributed by atoms with Crippen LogP contribution in [0.4, 0.5) is 0 Å². The van der Waals surface area contributed by atoms with Gasteiger partial charge in [-0.15, -0.1) is 0 Å². The molecule has 0 aromatic heterocycles. The summed E-state index contributed by atoms with van der Waals surface area (Å²) in [4.78, 5) is 59.4. The Balaban J connectivity index is 6.03. The molecule has 0 aliphatic rings. The van der Waals surface area contributed by atoms with Crippen LogP contribution in [0, 0.1) is 0 Å². The van der Waals surface area contributed by atoms with E-state index in [1.807, 2.05) is 0 Å². The Morgan fingerprint density at radius 3 is 1.04 bits per heavy atom. The van der Waals surface area contributed by atoms with Gasteiger partial charge in [-0.25, -0.2) is 9.59 Å². The number of carbonyl (C=O) groups is 5. The first-order chi connectivity index (χ1) is 11.7. The van der Waals surface area contributed by atoms with Crippen LogP contribution >= 0.6 is 0 Å². The van der Waals surface area contributed by atoms with Crippen LogP contribution in [0.2, 0.25) is 0 Å². The van der Waals surface area contributed by atoms with Gasteiger partial charge < -0.3 is 25.3 Å². The van der Waals surface area contributed by atoms with Crippen LogP contribution in [0.1, 0.15) is 34.6 Å². The zero-order chi connectivity index (χ0) is 20.9. The molecule has 0 aliphatic heterocycles. The average Bonchev–Trinajstić information content (AvgIpc) is 2.53. The van der Waals surface area contributed by atoms with Crippen LogP contribution < -0.4 is 0 Å².